The Morgan fingerprint density at radius 3 is 2.61 bits per heavy atom. The fraction of sp³-hybridized carbons (Fsp3) is 0.333. The maximum atomic E-state index is 11.5. The van der Waals surface area contributed by atoms with E-state index >= 15 is 0 Å². The summed E-state index contributed by atoms with van der Waals surface area (Å²) in [4.78, 5) is 24.1. The first-order valence-corrected chi connectivity index (χ1v) is 5.75. The number of carbonyl (C=O) groups excluding carboxylic acids is 2. The molecule has 0 spiro atoms. The highest BCUT2D eigenvalue weighted by Crippen LogP contribution is 2.34. The van der Waals surface area contributed by atoms with Crippen molar-refractivity contribution in [2.45, 2.75) is 6.42 Å². The average Bonchev–Trinajstić information content (AvgIpc) is 2.58. The van der Waals surface area contributed by atoms with Gasteiger partial charge in [0.15, 0.2) is 11.5 Å². The third kappa shape index (κ3) is 1.85. The molecule has 94 valence electrons. The van der Waals surface area contributed by atoms with Gasteiger partial charge in [0.25, 0.3) is 0 Å². The minimum atomic E-state index is -0.408. The first kappa shape index (κ1) is 10.9. The van der Waals surface area contributed by atoms with Crippen LogP contribution in [0, 0.1) is 0 Å². The maximum absolute atomic E-state index is 11.5. The van der Waals surface area contributed by atoms with Crippen LogP contribution in [0.1, 0.15) is 6.42 Å². The number of urea groups is 1. The maximum Gasteiger partial charge on any atom is 0.329 e. The molecule has 18 heavy (non-hydrogen) atoms. The zero-order valence-corrected chi connectivity index (χ0v) is 9.64. The van der Waals surface area contributed by atoms with Crippen LogP contribution in [0.4, 0.5) is 10.5 Å². The van der Waals surface area contributed by atoms with Crippen molar-refractivity contribution in [1.29, 1.82) is 0 Å². The van der Waals surface area contributed by atoms with Gasteiger partial charge in [0.05, 0.1) is 13.2 Å². The molecule has 2 aliphatic heterocycles. The van der Waals surface area contributed by atoms with Crippen LogP contribution in [0.3, 0.4) is 0 Å². The molecular formula is C12H12N2O4. The summed E-state index contributed by atoms with van der Waals surface area (Å²) in [6.07, 6.45) is 0.826. The van der Waals surface area contributed by atoms with Crippen molar-refractivity contribution >= 4 is 17.6 Å². The van der Waals surface area contributed by atoms with Crippen molar-refractivity contribution in [3.63, 3.8) is 0 Å². The molecule has 1 saturated heterocycles. The smallest absolute Gasteiger partial charge is 0.329 e. The van der Waals surface area contributed by atoms with Crippen LogP contribution in [-0.4, -0.2) is 31.7 Å². The number of nitrogens with zero attached hydrogens (tertiary/aromatic N) is 1. The van der Waals surface area contributed by atoms with Crippen molar-refractivity contribution in [3.8, 4) is 11.5 Å². The molecule has 1 fully saturated rings. The highest BCUT2D eigenvalue weighted by Gasteiger charge is 2.28. The molecule has 3 amide bonds. The third-order valence-electron chi connectivity index (χ3n) is 2.84. The molecular weight excluding hydrogens is 236 g/mol. The van der Waals surface area contributed by atoms with Gasteiger partial charge in [-0.05, 0) is 12.1 Å². The van der Waals surface area contributed by atoms with Gasteiger partial charge < -0.3 is 9.47 Å². The molecule has 0 aliphatic carbocycles. The summed E-state index contributed by atoms with van der Waals surface area (Å²) in [5.74, 6) is 0.978. The highest BCUT2D eigenvalue weighted by molar-refractivity contribution is 6.12. The van der Waals surface area contributed by atoms with Gasteiger partial charge in [-0.15, -0.1) is 0 Å². The summed E-state index contributed by atoms with van der Waals surface area (Å²) in [6, 6.07) is 4.81. The van der Waals surface area contributed by atoms with E-state index in [1.54, 1.807) is 18.2 Å². The Morgan fingerprint density at radius 1 is 1.11 bits per heavy atom. The van der Waals surface area contributed by atoms with Crippen LogP contribution in [0.25, 0.3) is 0 Å². The summed E-state index contributed by atoms with van der Waals surface area (Å²) in [6.45, 7) is 1.25. The monoisotopic (exact) mass is 248 g/mol. The lowest BCUT2D eigenvalue weighted by Gasteiger charge is -2.15. The van der Waals surface area contributed by atoms with E-state index in [0.29, 0.717) is 30.4 Å². The molecule has 0 atom stereocenters. The molecule has 0 saturated carbocycles. The Bertz CT molecular complexity index is 515. The lowest BCUT2D eigenvalue weighted by atomic mass is 10.2. The molecule has 1 aromatic carbocycles. The van der Waals surface area contributed by atoms with Crippen LogP contribution in [0.2, 0.25) is 0 Å². The number of hydrogen-bond donors (Lipinski definition) is 1. The van der Waals surface area contributed by atoms with Crippen LogP contribution in [-0.2, 0) is 4.79 Å². The SMILES string of the molecule is O=C1CN(c2ccc3c(c2)OCCCO3)C(=O)N1. The van der Waals surface area contributed by atoms with E-state index in [1.807, 2.05) is 0 Å². The minimum absolute atomic E-state index is 0.0402. The number of fused-ring (bicyclic) bond motifs is 1. The van der Waals surface area contributed by atoms with Crippen LogP contribution in [0.5, 0.6) is 11.5 Å². The number of nitrogens with one attached hydrogen (secondary N) is 1. The average molecular weight is 248 g/mol. The van der Waals surface area contributed by atoms with E-state index < -0.39 is 6.03 Å². The van der Waals surface area contributed by atoms with E-state index in [1.165, 1.54) is 4.90 Å². The Labute approximate surface area is 103 Å². The minimum Gasteiger partial charge on any atom is -0.490 e. The van der Waals surface area contributed by atoms with Crippen molar-refractivity contribution < 1.29 is 19.1 Å². The fourth-order valence-electron chi connectivity index (χ4n) is 1.97. The van der Waals surface area contributed by atoms with Crippen molar-refractivity contribution in [1.82, 2.24) is 5.32 Å². The van der Waals surface area contributed by atoms with E-state index in [2.05, 4.69) is 5.32 Å². The third-order valence-corrected chi connectivity index (χ3v) is 2.84. The second-order valence-corrected chi connectivity index (χ2v) is 4.12. The van der Waals surface area contributed by atoms with Gasteiger partial charge in [0.1, 0.15) is 6.54 Å². The van der Waals surface area contributed by atoms with Gasteiger partial charge in [-0.25, -0.2) is 4.79 Å². The molecule has 1 aromatic rings. The fourth-order valence-corrected chi connectivity index (χ4v) is 1.97. The van der Waals surface area contributed by atoms with Gasteiger partial charge in [-0.3, -0.25) is 15.0 Å². The number of ether oxygens (including phenoxy) is 2. The summed E-state index contributed by atoms with van der Waals surface area (Å²) in [5.41, 5.74) is 0.627. The van der Waals surface area contributed by atoms with Crippen molar-refractivity contribution in [3.05, 3.63) is 18.2 Å². The number of carbonyl (C=O) groups is 2. The van der Waals surface area contributed by atoms with E-state index in [4.69, 9.17) is 9.47 Å². The molecule has 0 radical (unpaired) electrons. The number of amides is 3. The molecule has 2 heterocycles. The number of rotatable bonds is 1. The van der Waals surface area contributed by atoms with Crippen LogP contribution < -0.4 is 19.7 Å². The normalized spacial score (nSPS) is 18.6. The Kier molecular flexibility index (Phi) is 2.55. The van der Waals surface area contributed by atoms with Gasteiger partial charge in [-0.1, -0.05) is 0 Å². The highest BCUT2D eigenvalue weighted by atomic mass is 16.5. The lowest BCUT2D eigenvalue weighted by molar-refractivity contribution is -0.117. The van der Waals surface area contributed by atoms with Crippen LogP contribution in [0.15, 0.2) is 18.2 Å². The Hall–Kier alpha value is -2.24. The summed E-state index contributed by atoms with van der Waals surface area (Å²) in [7, 11) is 0. The largest absolute Gasteiger partial charge is 0.490 e. The number of hydrogen-bond acceptors (Lipinski definition) is 4. The zero-order valence-electron chi connectivity index (χ0n) is 9.64. The Balaban J connectivity index is 1.92. The van der Waals surface area contributed by atoms with Gasteiger partial charge >= 0.3 is 6.03 Å². The van der Waals surface area contributed by atoms with E-state index in [0.717, 1.165) is 6.42 Å². The quantitative estimate of drug-likeness (QED) is 0.750. The molecule has 1 N–H and O–H groups in total. The zero-order chi connectivity index (χ0) is 12.5. The molecule has 0 unspecified atom stereocenters. The number of benzene rings is 1. The second-order valence-electron chi connectivity index (χ2n) is 4.12. The Morgan fingerprint density at radius 2 is 1.89 bits per heavy atom. The molecule has 0 bridgehead atoms. The molecule has 3 rings (SSSR count). The van der Waals surface area contributed by atoms with E-state index in [9.17, 15) is 9.59 Å². The predicted octanol–water partition coefficient (Wildman–Crippen LogP) is 0.904. The lowest BCUT2D eigenvalue weighted by Crippen LogP contribution is -2.27. The van der Waals surface area contributed by atoms with E-state index in [-0.39, 0.29) is 12.5 Å². The second kappa shape index (κ2) is 4.21. The van der Waals surface area contributed by atoms with Crippen molar-refractivity contribution in [2.75, 3.05) is 24.7 Å². The van der Waals surface area contributed by atoms with Crippen LogP contribution >= 0.6 is 0 Å². The first-order chi connectivity index (χ1) is 8.74. The first-order valence-electron chi connectivity index (χ1n) is 5.75. The summed E-state index contributed by atoms with van der Waals surface area (Å²) in [5, 5.41) is 2.23. The summed E-state index contributed by atoms with van der Waals surface area (Å²) >= 11 is 0. The molecule has 6 nitrogen and oxygen atoms in total. The summed E-state index contributed by atoms with van der Waals surface area (Å²) < 4.78 is 11.0. The van der Waals surface area contributed by atoms with Gasteiger partial charge in [-0.2, -0.15) is 0 Å². The molecule has 2 aliphatic rings. The van der Waals surface area contributed by atoms with Crippen molar-refractivity contribution in [2.24, 2.45) is 0 Å². The standard InChI is InChI=1S/C12H12N2O4/c15-11-7-14(12(16)13-11)8-2-3-9-10(6-8)18-5-1-4-17-9/h2-3,6H,1,4-5,7H2,(H,13,15,16). The molecule has 0 aromatic heterocycles. The predicted molar refractivity (Wildman–Crippen MR) is 62.9 cm³/mol. The van der Waals surface area contributed by atoms with Gasteiger partial charge in [0, 0.05) is 18.2 Å². The molecule has 6 heteroatoms. The number of imide groups is 1. The number of anilines is 1. The topological polar surface area (TPSA) is 67.9 Å². The van der Waals surface area contributed by atoms with Gasteiger partial charge in [0.2, 0.25) is 5.91 Å².